The summed E-state index contributed by atoms with van der Waals surface area (Å²) < 4.78 is 0. The fourth-order valence-electron chi connectivity index (χ4n) is 1.56. The van der Waals surface area contributed by atoms with Crippen molar-refractivity contribution < 1.29 is 15.3 Å². The van der Waals surface area contributed by atoms with Crippen LogP contribution < -0.4 is 5.73 Å². The molecule has 0 aliphatic carbocycles. The van der Waals surface area contributed by atoms with E-state index in [0.29, 0.717) is 0 Å². The Balaban J connectivity index is 4.78. The normalized spacial score (nSPS) is 16.4. The standard InChI is InChI=1S/C8H20N2O3/c1-7(2,12)10(6(9)5-11)8(3,4)13/h6,11-13H,5,9H2,1-4H3. The molecule has 0 fully saturated rings. The minimum Gasteiger partial charge on any atom is -0.393 e. The van der Waals surface area contributed by atoms with E-state index in [1.807, 2.05) is 0 Å². The fourth-order valence-corrected chi connectivity index (χ4v) is 1.56. The lowest BCUT2D eigenvalue weighted by atomic mass is 10.1. The van der Waals surface area contributed by atoms with Crippen molar-refractivity contribution in [1.82, 2.24) is 4.90 Å². The average molecular weight is 192 g/mol. The van der Waals surface area contributed by atoms with Gasteiger partial charge >= 0.3 is 0 Å². The van der Waals surface area contributed by atoms with E-state index in [4.69, 9.17) is 10.8 Å². The number of aliphatic hydroxyl groups excluding tert-OH is 1. The van der Waals surface area contributed by atoms with Crippen LogP contribution in [0.3, 0.4) is 0 Å². The topological polar surface area (TPSA) is 90.0 Å². The van der Waals surface area contributed by atoms with Crippen LogP contribution in [-0.4, -0.2) is 44.4 Å². The monoisotopic (exact) mass is 192 g/mol. The Hall–Kier alpha value is -0.200. The van der Waals surface area contributed by atoms with Gasteiger partial charge in [0.05, 0.1) is 12.8 Å². The Kier molecular flexibility index (Phi) is 3.83. The summed E-state index contributed by atoms with van der Waals surface area (Å²) in [7, 11) is 0. The summed E-state index contributed by atoms with van der Waals surface area (Å²) in [6.07, 6.45) is -0.792. The molecular formula is C8H20N2O3. The quantitative estimate of drug-likeness (QED) is 0.430. The van der Waals surface area contributed by atoms with Gasteiger partial charge in [0.2, 0.25) is 0 Å². The van der Waals surface area contributed by atoms with Crippen molar-refractivity contribution in [3.8, 4) is 0 Å². The summed E-state index contributed by atoms with van der Waals surface area (Å²) in [6, 6.07) is 0. The van der Waals surface area contributed by atoms with Crippen LogP contribution in [0.5, 0.6) is 0 Å². The molecule has 5 N–H and O–H groups in total. The molecule has 0 aliphatic rings. The van der Waals surface area contributed by atoms with Crippen LogP contribution >= 0.6 is 0 Å². The molecule has 0 bridgehead atoms. The Morgan fingerprint density at radius 2 is 1.46 bits per heavy atom. The molecule has 0 aromatic rings. The molecular weight excluding hydrogens is 172 g/mol. The number of rotatable bonds is 4. The Morgan fingerprint density at radius 3 is 1.54 bits per heavy atom. The molecule has 13 heavy (non-hydrogen) atoms. The maximum absolute atomic E-state index is 9.69. The summed E-state index contributed by atoms with van der Waals surface area (Å²) >= 11 is 0. The summed E-state index contributed by atoms with van der Waals surface area (Å²) in [6.45, 7) is 5.68. The van der Waals surface area contributed by atoms with Gasteiger partial charge in [-0.2, -0.15) is 0 Å². The lowest BCUT2D eigenvalue weighted by Gasteiger charge is -2.45. The molecule has 0 aromatic carbocycles. The highest BCUT2D eigenvalue weighted by Crippen LogP contribution is 2.22. The zero-order chi connectivity index (χ0) is 10.9. The molecule has 0 aromatic heterocycles. The molecule has 0 saturated heterocycles. The molecule has 5 nitrogen and oxygen atoms in total. The maximum atomic E-state index is 9.69. The average Bonchev–Trinajstić information content (AvgIpc) is 1.80. The van der Waals surface area contributed by atoms with Crippen LogP contribution in [0.2, 0.25) is 0 Å². The Morgan fingerprint density at radius 1 is 1.15 bits per heavy atom. The third kappa shape index (κ3) is 3.58. The van der Waals surface area contributed by atoms with Crippen LogP contribution in [-0.2, 0) is 0 Å². The predicted molar refractivity (Wildman–Crippen MR) is 49.5 cm³/mol. The van der Waals surface area contributed by atoms with Crippen molar-refractivity contribution in [3.05, 3.63) is 0 Å². The summed E-state index contributed by atoms with van der Waals surface area (Å²) in [4.78, 5) is 1.24. The first-order valence-electron chi connectivity index (χ1n) is 4.21. The molecule has 0 saturated carbocycles. The number of hydrogen-bond acceptors (Lipinski definition) is 5. The highest BCUT2D eigenvalue weighted by molar-refractivity contribution is 4.82. The minimum absolute atomic E-state index is 0.325. The van der Waals surface area contributed by atoms with Gasteiger partial charge in [-0.15, -0.1) is 0 Å². The fraction of sp³-hybridized carbons (Fsp3) is 1.00. The maximum Gasteiger partial charge on any atom is 0.116 e. The van der Waals surface area contributed by atoms with Crippen LogP contribution in [0.15, 0.2) is 0 Å². The summed E-state index contributed by atoms with van der Waals surface area (Å²) in [5.41, 5.74) is 2.99. The highest BCUT2D eigenvalue weighted by atomic mass is 16.3. The number of aliphatic hydroxyl groups is 3. The smallest absolute Gasteiger partial charge is 0.116 e. The largest absolute Gasteiger partial charge is 0.393 e. The Bertz CT molecular complexity index is 146. The van der Waals surface area contributed by atoms with Gasteiger partial charge in [-0.1, -0.05) is 0 Å². The van der Waals surface area contributed by atoms with E-state index >= 15 is 0 Å². The van der Waals surface area contributed by atoms with Gasteiger partial charge in [-0.3, -0.25) is 0 Å². The first kappa shape index (κ1) is 12.8. The van der Waals surface area contributed by atoms with Crippen LogP contribution in [0, 0.1) is 0 Å². The van der Waals surface area contributed by atoms with E-state index in [2.05, 4.69) is 0 Å². The van der Waals surface area contributed by atoms with Crippen molar-refractivity contribution in [2.45, 2.75) is 45.3 Å². The molecule has 0 aliphatic heterocycles. The molecule has 0 amide bonds. The van der Waals surface area contributed by atoms with E-state index in [-0.39, 0.29) is 6.61 Å². The van der Waals surface area contributed by atoms with E-state index in [9.17, 15) is 10.2 Å². The molecule has 0 heterocycles. The van der Waals surface area contributed by atoms with Gasteiger partial charge in [0.15, 0.2) is 0 Å². The van der Waals surface area contributed by atoms with Crippen LogP contribution in [0.4, 0.5) is 0 Å². The zero-order valence-electron chi connectivity index (χ0n) is 8.65. The Labute approximate surface area is 78.8 Å². The highest BCUT2D eigenvalue weighted by Gasteiger charge is 2.38. The van der Waals surface area contributed by atoms with Gasteiger partial charge in [-0.25, -0.2) is 4.90 Å². The lowest BCUT2D eigenvalue weighted by molar-refractivity contribution is -0.222. The molecule has 5 heteroatoms. The predicted octanol–water partition coefficient (Wildman–Crippen LogP) is -0.978. The summed E-state index contributed by atoms with van der Waals surface area (Å²) in [5, 5.41) is 28.2. The first-order valence-corrected chi connectivity index (χ1v) is 4.21. The number of nitrogens with two attached hydrogens (primary N) is 1. The van der Waals surface area contributed by atoms with Crippen molar-refractivity contribution in [2.24, 2.45) is 5.73 Å². The third-order valence-corrected chi connectivity index (χ3v) is 1.70. The van der Waals surface area contributed by atoms with E-state index in [0.717, 1.165) is 0 Å². The molecule has 1 atom stereocenters. The minimum atomic E-state index is -1.28. The van der Waals surface area contributed by atoms with E-state index in [1.54, 1.807) is 0 Å². The third-order valence-electron chi connectivity index (χ3n) is 1.70. The van der Waals surface area contributed by atoms with Crippen molar-refractivity contribution in [3.63, 3.8) is 0 Å². The SMILES string of the molecule is CC(C)(O)N(C(N)CO)C(C)(C)O. The summed E-state index contributed by atoms with van der Waals surface area (Å²) in [5.74, 6) is 0. The second kappa shape index (κ2) is 3.89. The van der Waals surface area contributed by atoms with Crippen LogP contribution in [0.25, 0.3) is 0 Å². The molecule has 0 spiro atoms. The number of nitrogens with zero attached hydrogens (tertiary/aromatic N) is 1. The lowest BCUT2D eigenvalue weighted by Crippen LogP contribution is -2.63. The molecule has 1 unspecified atom stereocenters. The molecule has 0 rings (SSSR count). The number of hydrogen-bond donors (Lipinski definition) is 4. The van der Waals surface area contributed by atoms with E-state index < -0.39 is 17.6 Å². The van der Waals surface area contributed by atoms with Crippen molar-refractivity contribution in [2.75, 3.05) is 6.61 Å². The molecule has 0 radical (unpaired) electrons. The van der Waals surface area contributed by atoms with Crippen LogP contribution in [0.1, 0.15) is 27.7 Å². The van der Waals surface area contributed by atoms with Gasteiger partial charge < -0.3 is 21.1 Å². The van der Waals surface area contributed by atoms with Gasteiger partial charge in [0.25, 0.3) is 0 Å². The second-order valence-corrected chi connectivity index (χ2v) is 4.11. The van der Waals surface area contributed by atoms with Gasteiger partial charge in [0, 0.05) is 0 Å². The van der Waals surface area contributed by atoms with Crippen molar-refractivity contribution in [1.29, 1.82) is 0 Å². The van der Waals surface area contributed by atoms with Gasteiger partial charge in [0.1, 0.15) is 11.4 Å². The van der Waals surface area contributed by atoms with Crippen molar-refractivity contribution >= 4 is 0 Å². The van der Waals surface area contributed by atoms with E-state index in [1.165, 1.54) is 32.6 Å². The molecule has 80 valence electrons. The van der Waals surface area contributed by atoms with Gasteiger partial charge in [-0.05, 0) is 27.7 Å². The second-order valence-electron chi connectivity index (χ2n) is 4.11. The zero-order valence-corrected chi connectivity index (χ0v) is 8.65. The first-order chi connectivity index (χ1) is 5.60.